The van der Waals surface area contributed by atoms with Gasteiger partial charge in [0.15, 0.2) is 0 Å². The van der Waals surface area contributed by atoms with Gasteiger partial charge in [0.25, 0.3) is 0 Å². The summed E-state index contributed by atoms with van der Waals surface area (Å²) in [4.78, 5) is 27.6. The van der Waals surface area contributed by atoms with Crippen LogP contribution in [0.25, 0.3) is 0 Å². The van der Waals surface area contributed by atoms with Gasteiger partial charge in [-0.2, -0.15) is 0 Å². The van der Waals surface area contributed by atoms with Crippen LogP contribution in [0.3, 0.4) is 0 Å². The van der Waals surface area contributed by atoms with E-state index < -0.39 is 11.4 Å². The quantitative estimate of drug-likeness (QED) is 0.749. The minimum absolute atomic E-state index is 0.138. The van der Waals surface area contributed by atoms with Crippen LogP contribution < -0.4 is 5.32 Å². The highest BCUT2D eigenvalue weighted by Crippen LogP contribution is 2.33. The summed E-state index contributed by atoms with van der Waals surface area (Å²) in [5, 5.41) is 12.3. The van der Waals surface area contributed by atoms with Gasteiger partial charge in [0, 0.05) is 26.2 Å². The average molecular weight is 299 g/mol. The molecule has 1 unspecified atom stereocenters. The molecule has 0 aromatic rings. The fourth-order valence-corrected chi connectivity index (χ4v) is 2.89. The van der Waals surface area contributed by atoms with Crippen molar-refractivity contribution in [1.29, 1.82) is 0 Å². The summed E-state index contributed by atoms with van der Waals surface area (Å²) in [5.74, 6) is -0.786. The Hall–Kier alpha value is -1.30. The standard InChI is InChI=1S/C15H29N3O3/c1-4-15(13(19)20)8-7-10-18(12-15)14(21)16-9-11-17(5-2)6-3/h4-12H2,1-3H3,(H,16,21)(H,19,20). The number of likely N-dealkylation sites (N-methyl/N-ethyl adjacent to an activating group) is 1. The second-order valence-electron chi connectivity index (χ2n) is 5.72. The number of carboxylic acids is 1. The number of hydrogen-bond acceptors (Lipinski definition) is 3. The van der Waals surface area contributed by atoms with Gasteiger partial charge in [-0.3, -0.25) is 4.79 Å². The molecule has 2 N–H and O–H groups in total. The third-order valence-corrected chi connectivity index (χ3v) is 4.59. The van der Waals surface area contributed by atoms with E-state index in [9.17, 15) is 14.7 Å². The molecule has 6 heteroatoms. The number of urea groups is 1. The van der Waals surface area contributed by atoms with Gasteiger partial charge in [-0.15, -0.1) is 0 Å². The van der Waals surface area contributed by atoms with Gasteiger partial charge in [-0.05, 0) is 32.4 Å². The number of carbonyl (C=O) groups excluding carboxylic acids is 1. The van der Waals surface area contributed by atoms with Gasteiger partial charge in [0.05, 0.1) is 5.41 Å². The van der Waals surface area contributed by atoms with Crippen molar-refractivity contribution in [2.24, 2.45) is 5.41 Å². The second-order valence-corrected chi connectivity index (χ2v) is 5.72. The highest BCUT2D eigenvalue weighted by Gasteiger charge is 2.42. The topological polar surface area (TPSA) is 72.9 Å². The molecule has 0 aromatic carbocycles. The molecule has 2 amide bonds. The maximum Gasteiger partial charge on any atom is 0.317 e. The molecule has 1 saturated heterocycles. The minimum atomic E-state index is -0.786. The number of nitrogens with one attached hydrogen (secondary N) is 1. The molecule has 1 fully saturated rings. The van der Waals surface area contributed by atoms with Crippen molar-refractivity contribution in [3.8, 4) is 0 Å². The Morgan fingerprint density at radius 1 is 1.29 bits per heavy atom. The normalized spacial score (nSPS) is 22.4. The molecule has 0 spiro atoms. The summed E-state index contributed by atoms with van der Waals surface area (Å²) in [5.41, 5.74) is -0.769. The molecule has 0 saturated carbocycles. The van der Waals surface area contributed by atoms with Crippen LogP contribution in [0.5, 0.6) is 0 Å². The zero-order chi connectivity index (χ0) is 15.9. The van der Waals surface area contributed by atoms with Crippen LogP contribution in [-0.2, 0) is 4.79 Å². The lowest BCUT2D eigenvalue weighted by molar-refractivity contribution is -0.152. The molecule has 122 valence electrons. The molecule has 6 nitrogen and oxygen atoms in total. The molecule has 0 aliphatic carbocycles. The Morgan fingerprint density at radius 3 is 2.48 bits per heavy atom. The average Bonchev–Trinajstić information content (AvgIpc) is 2.51. The number of hydrogen-bond donors (Lipinski definition) is 2. The van der Waals surface area contributed by atoms with Gasteiger partial charge in [0.2, 0.25) is 0 Å². The van der Waals surface area contributed by atoms with Crippen molar-refractivity contribution in [1.82, 2.24) is 15.1 Å². The van der Waals surface area contributed by atoms with Crippen LogP contribution in [0, 0.1) is 5.41 Å². The highest BCUT2D eigenvalue weighted by molar-refractivity contribution is 5.78. The van der Waals surface area contributed by atoms with Crippen LogP contribution in [0.15, 0.2) is 0 Å². The smallest absolute Gasteiger partial charge is 0.317 e. The molecule has 1 aliphatic rings. The fraction of sp³-hybridized carbons (Fsp3) is 0.867. The minimum Gasteiger partial charge on any atom is -0.481 e. The maximum atomic E-state index is 12.2. The Morgan fingerprint density at radius 2 is 1.95 bits per heavy atom. The molecule has 0 radical (unpaired) electrons. The number of aliphatic carboxylic acids is 1. The number of amides is 2. The summed E-state index contributed by atoms with van der Waals surface area (Å²) in [6.07, 6.45) is 1.97. The van der Waals surface area contributed by atoms with Crippen LogP contribution >= 0.6 is 0 Å². The fourth-order valence-electron chi connectivity index (χ4n) is 2.89. The van der Waals surface area contributed by atoms with Crippen LogP contribution in [0.4, 0.5) is 4.79 Å². The van der Waals surface area contributed by atoms with E-state index in [1.165, 1.54) is 0 Å². The number of piperidine rings is 1. The lowest BCUT2D eigenvalue weighted by Crippen LogP contribution is -2.53. The monoisotopic (exact) mass is 299 g/mol. The lowest BCUT2D eigenvalue weighted by Gasteiger charge is -2.39. The molecule has 1 heterocycles. The largest absolute Gasteiger partial charge is 0.481 e. The first kappa shape index (κ1) is 17.8. The molecule has 21 heavy (non-hydrogen) atoms. The molecular formula is C15H29N3O3. The summed E-state index contributed by atoms with van der Waals surface area (Å²) in [7, 11) is 0. The van der Waals surface area contributed by atoms with E-state index in [1.807, 2.05) is 6.92 Å². The Balaban J connectivity index is 2.49. The van der Waals surface area contributed by atoms with Gasteiger partial charge in [0.1, 0.15) is 0 Å². The Kier molecular flexibility index (Phi) is 6.95. The maximum absolute atomic E-state index is 12.2. The summed E-state index contributed by atoms with van der Waals surface area (Å²) < 4.78 is 0. The van der Waals surface area contributed by atoms with Gasteiger partial charge >= 0.3 is 12.0 Å². The summed E-state index contributed by atoms with van der Waals surface area (Å²) in [6.45, 7) is 10.4. The number of rotatable bonds is 7. The van der Waals surface area contributed by atoms with E-state index in [4.69, 9.17) is 0 Å². The van der Waals surface area contributed by atoms with Crippen LogP contribution in [0.2, 0.25) is 0 Å². The Labute approximate surface area is 127 Å². The predicted octanol–water partition coefficient (Wildman–Crippen LogP) is 1.61. The molecule has 1 atom stereocenters. The third-order valence-electron chi connectivity index (χ3n) is 4.59. The zero-order valence-corrected chi connectivity index (χ0v) is 13.5. The zero-order valence-electron chi connectivity index (χ0n) is 13.5. The number of carbonyl (C=O) groups is 2. The van der Waals surface area contributed by atoms with E-state index in [2.05, 4.69) is 24.1 Å². The van der Waals surface area contributed by atoms with E-state index in [-0.39, 0.29) is 6.03 Å². The molecular weight excluding hydrogens is 270 g/mol. The number of nitrogens with zero attached hydrogens (tertiary/aromatic N) is 2. The van der Waals surface area contributed by atoms with Crippen molar-refractivity contribution in [3.63, 3.8) is 0 Å². The molecule has 1 aliphatic heterocycles. The first-order valence-corrected chi connectivity index (χ1v) is 7.97. The van der Waals surface area contributed by atoms with Gasteiger partial charge in [-0.1, -0.05) is 20.8 Å². The summed E-state index contributed by atoms with van der Waals surface area (Å²) >= 11 is 0. The van der Waals surface area contributed by atoms with Gasteiger partial charge in [-0.25, -0.2) is 4.79 Å². The van der Waals surface area contributed by atoms with Crippen molar-refractivity contribution < 1.29 is 14.7 Å². The van der Waals surface area contributed by atoms with E-state index in [1.54, 1.807) is 4.90 Å². The number of carboxylic acid groups (broad SMARTS) is 1. The van der Waals surface area contributed by atoms with Crippen LogP contribution in [-0.4, -0.2) is 66.2 Å². The highest BCUT2D eigenvalue weighted by atomic mass is 16.4. The second kappa shape index (κ2) is 8.22. The van der Waals surface area contributed by atoms with E-state index in [0.29, 0.717) is 32.5 Å². The van der Waals surface area contributed by atoms with Gasteiger partial charge < -0.3 is 20.2 Å². The van der Waals surface area contributed by atoms with Crippen molar-refractivity contribution in [2.75, 3.05) is 39.3 Å². The number of likely N-dealkylation sites (tertiary alicyclic amines) is 1. The van der Waals surface area contributed by atoms with Crippen molar-refractivity contribution in [3.05, 3.63) is 0 Å². The van der Waals surface area contributed by atoms with Crippen LogP contribution in [0.1, 0.15) is 40.0 Å². The van der Waals surface area contributed by atoms with E-state index in [0.717, 1.165) is 26.1 Å². The first-order chi connectivity index (χ1) is 9.99. The summed E-state index contributed by atoms with van der Waals surface area (Å²) in [6, 6.07) is -0.138. The predicted molar refractivity (Wildman–Crippen MR) is 82.4 cm³/mol. The Bertz CT molecular complexity index is 358. The SMILES string of the molecule is CCN(CC)CCNC(=O)N1CCCC(CC)(C(=O)O)C1. The van der Waals surface area contributed by atoms with Crippen molar-refractivity contribution >= 4 is 12.0 Å². The molecule has 0 aromatic heterocycles. The molecule has 0 bridgehead atoms. The first-order valence-electron chi connectivity index (χ1n) is 7.97. The van der Waals surface area contributed by atoms with E-state index >= 15 is 0 Å². The molecule has 1 rings (SSSR count). The lowest BCUT2D eigenvalue weighted by atomic mass is 9.78. The van der Waals surface area contributed by atoms with Crippen molar-refractivity contribution in [2.45, 2.75) is 40.0 Å². The third kappa shape index (κ3) is 4.59.